The number of aliphatic hydroxyl groups is 1. The molecule has 3 rings (SSSR count). The van der Waals surface area contributed by atoms with Crippen molar-refractivity contribution in [3.63, 3.8) is 0 Å². The van der Waals surface area contributed by atoms with Gasteiger partial charge in [-0.15, -0.1) is 0 Å². The fraction of sp³-hybridized carbons (Fsp3) is 0.125. The van der Waals surface area contributed by atoms with E-state index in [9.17, 15) is 5.11 Å². The van der Waals surface area contributed by atoms with Crippen molar-refractivity contribution in [1.29, 1.82) is 0 Å². The molecule has 0 bridgehead atoms. The molecule has 19 heavy (non-hydrogen) atoms. The van der Waals surface area contributed by atoms with E-state index in [1.54, 1.807) is 0 Å². The molecule has 1 unspecified atom stereocenters. The van der Waals surface area contributed by atoms with Gasteiger partial charge in [-0.2, -0.15) is 0 Å². The van der Waals surface area contributed by atoms with E-state index in [0.29, 0.717) is 5.76 Å². The van der Waals surface area contributed by atoms with E-state index in [-0.39, 0.29) is 0 Å². The largest absolute Gasteiger partial charge is 0.458 e. The number of aryl methyl sites for hydroxylation is 1. The molecule has 1 N–H and O–H groups in total. The van der Waals surface area contributed by atoms with E-state index in [4.69, 9.17) is 4.42 Å². The summed E-state index contributed by atoms with van der Waals surface area (Å²) in [5.74, 6) is 0.576. The van der Waals surface area contributed by atoms with Gasteiger partial charge < -0.3 is 9.52 Å². The highest BCUT2D eigenvalue weighted by atomic mass is 79.9. The molecule has 0 fully saturated rings. The number of fused-ring (bicyclic) bond motifs is 1. The summed E-state index contributed by atoms with van der Waals surface area (Å²) in [4.78, 5) is 0. The van der Waals surface area contributed by atoms with Crippen LogP contribution >= 0.6 is 15.9 Å². The lowest BCUT2D eigenvalue weighted by Gasteiger charge is -2.07. The molecule has 2 nitrogen and oxygen atoms in total. The summed E-state index contributed by atoms with van der Waals surface area (Å²) in [5.41, 5.74) is 2.74. The predicted octanol–water partition coefficient (Wildman–Crippen LogP) is 4.59. The van der Waals surface area contributed by atoms with Crippen LogP contribution in [0.1, 0.15) is 23.0 Å². The van der Waals surface area contributed by atoms with Gasteiger partial charge in [0, 0.05) is 9.86 Å². The van der Waals surface area contributed by atoms with E-state index < -0.39 is 6.10 Å². The van der Waals surface area contributed by atoms with Crippen LogP contribution in [-0.2, 0) is 0 Å². The van der Waals surface area contributed by atoms with Crippen molar-refractivity contribution in [2.24, 2.45) is 0 Å². The van der Waals surface area contributed by atoms with Crippen molar-refractivity contribution in [3.05, 3.63) is 69.9 Å². The van der Waals surface area contributed by atoms with Crippen LogP contribution in [0.3, 0.4) is 0 Å². The van der Waals surface area contributed by atoms with E-state index in [1.165, 1.54) is 0 Å². The Morgan fingerprint density at radius 3 is 2.53 bits per heavy atom. The topological polar surface area (TPSA) is 33.4 Å². The van der Waals surface area contributed by atoms with Crippen LogP contribution in [0.5, 0.6) is 0 Å². The lowest BCUT2D eigenvalue weighted by atomic mass is 10.1. The van der Waals surface area contributed by atoms with Gasteiger partial charge in [0.1, 0.15) is 17.4 Å². The molecule has 1 heterocycles. The van der Waals surface area contributed by atoms with E-state index >= 15 is 0 Å². The third kappa shape index (κ3) is 2.31. The van der Waals surface area contributed by atoms with Gasteiger partial charge in [-0.3, -0.25) is 0 Å². The Balaban J connectivity index is 2.04. The van der Waals surface area contributed by atoms with Crippen LogP contribution in [0, 0.1) is 6.92 Å². The first-order chi connectivity index (χ1) is 9.15. The zero-order valence-corrected chi connectivity index (χ0v) is 12.0. The Labute approximate surface area is 119 Å². The first kappa shape index (κ1) is 12.5. The fourth-order valence-corrected chi connectivity index (χ4v) is 2.44. The van der Waals surface area contributed by atoms with Gasteiger partial charge in [0.05, 0.1) is 0 Å². The number of para-hydroxylation sites is 1. The molecule has 2 aromatic carbocycles. The van der Waals surface area contributed by atoms with Crippen LogP contribution in [0.15, 0.2) is 57.4 Å². The highest BCUT2D eigenvalue weighted by Crippen LogP contribution is 2.30. The SMILES string of the molecule is Cc1cccc2cc(C(O)c3ccc(Br)cc3)oc12. The third-order valence-electron chi connectivity index (χ3n) is 3.22. The molecule has 0 amide bonds. The van der Waals surface area contributed by atoms with E-state index in [1.807, 2.05) is 55.5 Å². The Hall–Kier alpha value is -1.58. The van der Waals surface area contributed by atoms with Gasteiger partial charge in [-0.05, 0) is 36.2 Å². The second kappa shape index (κ2) is 4.83. The number of furan rings is 1. The molecule has 0 aliphatic heterocycles. The second-order valence-electron chi connectivity index (χ2n) is 4.60. The average molecular weight is 317 g/mol. The molecule has 96 valence electrons. The fourth-order valence-electron chi connectivity index (χ4n) is 2.17. The molecule has 0 radical (unpaired) electrons. The molecule has 1 aromatic heterocycles. The molecular weight excluding hydrogens is 304 g/mol. The first-order valence-corrected chi connectivity index (χ1v) is 6.87. The summed E-state index contributed by atoms with van der Waals surface area (Å²) in [6.07, 6.45) is -0.736. The van der Waals surface area contributed by atoms with E-state index in [0.717, 1.165) is 26.6 Å². The van der Waals surface area contributed by atoms with Gasteiger partial charge >= 0.3 is 0 Å². The number of halogens is 1. The summed E-state index contributed by atoms with van der Waals surface area (Å²) in [7, 11) is 0. The third-order valence-corrected chi connectivity index (χ3v) is 3.74. The standard InChI is InChI=1S/C16H13BrO2/c1-10-3-2-4-12-9-14(19-16(10)12)15(18)11-5-7-13(17)8-6-11/h2-9,15,18H,1H3. The molecule has 0 aliphatic rings. The van der Waals surface area contributed by atoms with E-state index in [2.05, 4.69) is 15.9 Å². The molecule has 0 spiro atoms. The van der Waals surface area contributed by atoms with Gasteiger partial charge in [-0.1, -0.05) is 46.3 Å². The van der Waals surface area contributed by atoms with Crippen molar-refractivity contribution in [3.8, 4) is 0 Å². The molecule has 0 saturated heterocycles. The number of rotatable bonds is 2. The summed E-state index contributed by atoms with van der Waals surface area (Å²) >= 11 is 3.38. The lowest BCUT2D eigenvalue weighted by molar-refractivity contribution is 0.192. The quantitative estimate of drug-likeness (QED) is 0.750. The van der Waals surface area contributed by atoms with Crippen LogP contribution in [-0.4, -0.2) is 5.11 Å². The van der Waals surface area contributed by atoms with Gasteiger partial charge in [0.2, 0.25) is 0 Å². The maximum atomic E-state index is 10.4. The van der Waals surface area contributed by atoms with Crippen molar-refractivity contribution >= 4 is 26.9 Å². The highest BCUT2D eigenvalue weighted by Gasteiger charge is 2.16. The van der Waals surface area contributed by atoms with Crippen molar-refractivity contribution in [1.82, 2.24) is 0 Å². The maximum Gasteiger partial charge on any atom is 0.138 e. The molecule has 3 heteroatoms. The second-order valence-corrected chi connectivity index (χ2v) is 5.51. The summed E-state index contributed by atoms with van der Waals surface area (Å²) in [5, 5.41) is 11.4. The molecule has 0 saturated carbocycles. The zero-order chi connectivity index (χ0) is 13.4. The lowest BCUT2D eigenvalue weighted by Crippen LogP contribution is -1.97. The maximum absolute atomic E-state index is 10.4. The molecule has 1 atom stereocenters. The Morgan fingerprint density at radius 2 is 1.84 bits per heavy atom. The minimum atomic E-state index is -0.736. The summed E-state index contributed by atoms with van der Waals surface area (Å²) < 4.78 is 6.77. The zero-order valence-electron chi connectivity index (χ0n) is 10.4. The van der Waals surface area contributed by atoms with Crippen molar-refractivity contribution in [2.75, 3.05) is 0 Å². The Kier molecular flexibility index (Phi) is 3.17. The van der Waals surface area contributed by atoms with Crippen LogP contribution in [0.4, 0.5) is 0 Å². The van der Waals surface area contributed by atoms with Gasteiger partial charge in [0.25, 0.3) is 0 Å². The molecular formula is C16H13BrO2. The average Bonchev–Trinajstić information content (AvgIpc) is 2.84. The van der Waals surface area contributed by atoms with Crippen LogP contribution < -0.4 is 0 Å². The molecule has 3 aromatic rings. The number of hydrogen-bond donors (Lipinski definition) is 1. The number of benzene rings is 2. The smallest absolute Gasteiger partial charge is 0.138 e. The Morgan fingerprint density at radius 1 is 1.11 bits per heavy atom. The number of aliphatic hydroxyl groups excluding tert-OH is 1. The van der Waals surface area contributed by atoms with Crippen LogP contribution in [0.25, 0.3) is 11.0 Å². The first-order valence-electron chi connectivity index (χ1n) is 6.08. The van der Waals surface area contributed by atoms with Gasteiger partial charge in [0.15, 0.2) is 0 Å². The predicted molar refractivity (Wildman–Crippen MR) is 79.2 cm³/mol. The summed E-state index contributed by atoms with van der Waals surface area (Å²) in [6.45, 7) is 2.00. The summed E-state index contributed by atoms with van der Waals surface area (Å²) in [6, 6.07) is 15.5. The minimum absolute atomic E-state index is 0.576. The van der Waals surface area contributed by atoms with Crippen molar-refractivity contribution < 1.29 is 9.52 Å². The normalized spacial score (nSPS) is 12.8. The van der Waals surface area contributed by atoms with Gasteiger partial charge in [-0.25, -0.2) is 0 Å². The highest BCUT2D eigenvalue weighted by molar-refractivity contribution is 9.10. The minimum Gasteiger partial charge on any atom is -0.458 e. The monoisotopic (exact) mass is 316 g/mol. The van der Waals surface area contributed by atoms with Crippen LogP contribution in [0.2, 0.25) is 0 Å². The van der Waals surface area contributed by atoms with Crippen molar-refractivity contribution in [2.45, 2.75) is 13.0 Å². The number of hydrogen-bond acceptors (Lipinski definition) is 2. The molecule has 0 aliphatic carbocycles. The Bertz CT molecular complexity index is 713.